The van der Waals surface area contributed by atoms with E-state index in [1.165, 1.54) is 42.5 Å². The van der Waals surface area contributed by atoms with Crippen LogP contribution in [0.4, 0.5) is 26.3 Å². The van der Waals surface area contributed by atoms with E-state index in [0.717, 1.165) is 24.3 Å². The van der Waals surface area contributed by atoms with Crippen molar-refractivity contribution in [1.82, 2.24) is 0 Å². The average molecular weight is 430 g/mol. The Morgan fingerprint density at radius 2 is 1.12 bits per heavy atom. The van der Waals surface area contributed by atoms with E-state index in [9.17, 15) is 26.3 Å². The van der Waals surface area contributed by atoms with Gasteiger partial charge in [-0.2, -0.15) is 0 Å². The van der Waals surface area contributed by atoms with Crippen molar-refractivity contribution in [2.45, 2.75) is 21.8 Å². The van der Waals surface area contributed by atoms with Crippen molar-refractivity contribution in [2.24, 2.45) is 0 Å². The standard InChI is InChI=1S/C6H5.2C5H5.2CF3.ClH.Ti/c1-2-4-6-5-3-1;2*1-2-4-5-3-1;2*2-1(3)4;;/h1-5H;2*1-3H,4H2;;;1H;. The third-order valence-electron chi connectivity index (χ3n) is 5.31. The first kappa shape index (κ1) is 21.1. The van der Waals surface area contributed by atoms with Gasteiger partial charge in [0.15, 0.2) is 0 Å². The number of benzene rings is 1. The summed E-state index contributed by atoms with van der Waals surface area (Å²) < 4.78 is 75.9. The van der Waals surface area contributed by atoms with Gasteiger partial charge in [0.05, 0.1) is 0 Å². The summed E-state index contributed by atoms with van der Waals surface area (Å²) in [6, 6.07) is 5.93. The number of alkyl halides is 6. The van der Waals surface area contributed by atoms with Gasteiger partial charge in [-0.3, -0.25) is 0 Å². The summed E-state index contributed by atoms with van der Waals surface area (Å²) in [5.74, 6) is 0. The molecule has 141 valence electrons. The van der Waals surface area contributed by atoms with Crippen molar-refractivity contribution < 1.29 is 41.6 Å². The van der Waals surface area contributed by atoms with E-state index >= 15 is 0 Å². The molecule has 1 aromatic carbocycles. The molecule has 0 unspecified atom stereocenters. The third kappa shape index (κ3) is 2.28. The number of hydrogen-bond acceptors (Lipinski definition) is 0. The van der Waals surface area contributed by atoms with Crippen molar-refractivity contribution in [3.05, 3.63) is 74.5 Å². The summed E-state index contributed by atoms with van der Waals surface area (Å²) in [5, 5.41) is 0. The molecule has 0 saturated heterocycles. The SMILES string of the molecule is Cl.F[C](F)(F)[Ti]([C]1=CC=CC1)([C]1=CC=CC1)([c]1ccccc1)[C](F)(F)F. The first-order valence-electron chi connectivity index (χ1n) is 7.73. The van der Waals surface area contributed by atoms with Crippen LogP contribution < -0.4 is 3.87 Å². The molecule has 0 amide bonds. The number of hydrogen-bond donors (Lipinski definition) is 0. The molecule has 0 radical (unpaired) electrons. The molecule has 2 aliphatic rings. The number of allylic oxidation sites excluding steroid dienone is 8. The quantitative estimate of drug-likeness (QED) is 0.399. The molecule has 0 heterocycles. The van der Waals surface area contributed by atoms with Gasteiger partial charge in [-0.25, -0.2) is 0 Å². The van der Waals surface area contributed by atoms with Crippen LogP contribution in [0, 0.1) is 0 Å². The Morgan fingerprint density at radius 3 is 1.42 bits per heavy atom. The molecular weight excluding hydrogens is 414 g/mol. The van der Waals surface area contributed by atoms with Crippen LogP contribution in [0.3, 0.4) is 0 Å². The fourth-order valence-electron chi connectivity index (χ4n) is 4.20. The topological polar surface area (TPSA) is 0 Å². The van der Waals surface area contributed by atoms with Crippen molar-refractivity contribution in [3.63, 3.8) is 0 Å². The third-order valence-corrected chi connectivity index (χ3v) is 16.3. The second-order valence-corrected chi connectivity index (χ2v) is 14.8. The first-order valence-corrected chi connectivity index (χ1v) is 11.6. The van der Waals surface area contributed by atoms with Gasteiger partial charge in [-0.05, 0) is 0 Å². The molecule has 0 saturated carbocycles. The Labute approximate surface area is 154 Å². The predicted octanol–water partition coefficient (Wildman–Crippen LogP) is 6.15. The summed E-state index contributed by atoms with van der Waals surface area (Å²) in [7, 11) is 0. The Morgan fingerprint density at radius 1 is 0.692 bits per heavy atom. The van der Waals surface area contributed by atoms with Crippen LogP contribution in [-0.4, -0.2) is 8.96 Å². The molecule has 3 rings (SSSR count). The fraction of sp³-hybridized carbons (Fsp3) is 0.222. The Kier molecular flexibility index (Phi) is 5.46. The van der Waals surface area contributed by atoms with Crippen LogP contribution in [0.1, 0.15) is 12.8 Å². The number of rotatable bonds is 3. The van der Waals surface area contributed by atoms with Crippen LogP contribution >= 0.6 is 12.4 Å². The van der Waals surface area contributed by atoms with Gasteiger partial charge in [0.1, 0.15) is 0 Å². The molecule has 0 aromatic heterocycles. The molecule has 0 nitrogen and oxygen atoms in total. The van der Waals surface area contributed by atoms with Gasteiger partial charge in [-0.1, -0.05) is 0 Å². The molecule has 8 heteroatoms. The van der Waals surface area contributed by atoms with Gasteiger partial charge in [0.25, 0.3) is 0 Å². The summed E-state index contributed by atoms with van der Waals surface area (Å²) >= 11 is -7.66. The first-order chi connectivity index (χ1) is 11.7. The molecule has 26 heavy (non-hydrogen) atoms. The summed E-state index contributed by atoms with van der Waals surface area (Å²) in [4.78, 5) is 0. The van der Waals surface area contributed by atoms with E-state index in [4.69, 9.17) is 0 Å². The summed E-state index contributed by atoms with van der Waals surface area (Å²) in [6.07, 6.45) is 6.71. The number of halogens is 7. The van der Waals surface area contributed by atoms with E-state index in [1.54, 1.807) is 0 Å². The van der Waals surface area contributed by atoms with Crippen molar-refractivity contribution in [2.75, 3.05) is 0 Å². The maximum absolute atomic E-state index is 14.7. The molecular formula is C18H16ClF6Ti. The van der Waals surface area contributed by atoms with Gasteiger partial charge in [0.2, 0.25) is 0 Å². The van der Waals surface area contributed by atoms with Crippen molar-refractivity contribution in [3.8, 4) is 0 Å². The van der Waals surface area contributed by atoms with Crippen molar-refractivity contribution >= 4 is 16.3 Å². The molecule has 0 aliphatic heterocycles. The normalized spacial score (nSPS) is 18.8. The molecule has 0 fully saturated rings. The molecule has 1 aromatic rings. The fourth-order valence-corrected chi connectivity index (χ4v) is 14.1. The van der Waals surface area contributed by atoms with Crippen LogP contribution in [-0.2, 0) is 15.3 Å². The Hall–Kier alpha value is -1.24. The van der Waals surface area contributed by atoms with E-state index in [0.29, 0.717) is 0 Å². The van der Waals surface area contributed by atoms with Gasteiger partial charge in [-0.15, -0.1) is 12.4 Å². The van der Waals surface area contributed by atoms with E-state index in [-0.39, 0.29) is 25.2 Å². The summed E-state index contributed by atoms with van der Waals surface area (Å²) in [6.45, 7) is 0. The van der Waals surface area contributed by atoms with E-state index < -0.39 is 35.9 Å². The van der Waals surface area contributed by atoms with E-state index in [2.05, 4.69) is 0 Å². The minimum atomic E-state index is -7.66. The Balaban J connectivity index is 0.00000243. The minimum absolute atomic E-state index is 0. The van der Waals surface area contributed by atoms with Crippen LogP contribution in [0.2, 0.25) is 0 Å². The van der Waals surface area contributed by atoms with Gasteiger partial charge >= 0.3 is 142 Å². The van der Waals surface area contributed by atoms with Gasteiger partial charge in [0, 0.05) is 0 Å². The average Bonchev–Trinajstić information content (AvgIpc) is 3.20. The monoisotopic (exact) mass is 429 g/mol. The summed E-state index contributed by atoms with van der Waals surface area (Å²) in [5.41, 5.74) is 0. The van der Waals surface area contributed by atoms with Crippen LogP contribution in [0.5, 0.6) is 0 Å². The second kappa shape index (κ2) is 6.73. The predicted molar refractivity (Wildman–Crippen MR) is 89.1 cm³/mol. The molecule has 0 N–H and O–H groups in total. The van der Waals surface area contributed by atoms with Gasteiger partial charge < -0.3 is 0 Å². The van der Waals surface area contributed by atoms with Crippen molar-refractivity contribution in [1.29, 1.82) is 0 Å². The zero-order valence-corrected chi connectivity index (χ0v) is 15.8. The maximum atomic E-state index is 14.7. The molecule has 2 aliphatic carbocycles. The second-order valence-electron chi connectivity index (χ2n) is 6.26. The molecule has 0 spiro atoms. The molecule has 0 atom stereocenters. The molecule has 0 bridgehead atoms. The van der Waals surface area contributed by atoms with Crippen LogP contribution in [0.25, 0.3) is 0 Å². The zero-order valence-electron chi connectivity index (χ0n) is 13.4. The van der Waals surface area contributed by atoms with E-state index in [1.807, 2.05) is 0 Å². The van der Waals surface area contributed by atoms with Crippen LogP contribution in [0.15, 0.2) is 74.5 Å². The Bertz CT molecular complexity index is 751. The zero-order chi connectivity index (χ0) is 18.4.